The number of hydrogen-bond donors (Lipinski definition) is 5. The summed E-state index contributed by atoms with van der Waals surface area (Å²) in [5.74, 6) is 0.135. The number of likely N-dealkylation sites (tertiary alicyclic amines) is 1. The van der Waals surface area contributed by atoms with Gasteiger partial charge in [-0.05, 0) is 94.0 Å². The Morgan fingerprint density at radius 2 is 1.84 bits per heavy atom. The summed E-state index contributed by atoms with van der Waals surface area (Å²) in [6.45, 7) is 5.26. The van der Waals surface area contributed by atoms with E-state index in [1.54, 1.807) is 36.6 Å². The summed E-state index contributed by atoms with van der Waals surface area (Å²) >= 11 is 0. The number of fused-ring (bicyclic) bond motifs is 3. The summed E-state index contributed by atoms with van der Waals surface area (Å²) in [6, 6.07) is 18.0. The van der Waals surface area contributed by atoms with Crippen molar-refractivity contribution in [3.8, 4) is 5.75 Å². The largest absolute Gasteiger partial charge is 0.507 e. The van der Waals surface area contributed by atoms with Crippen molar-refractivity contribution in [1.82, 2.24) is 14.5 Å². The third-order valence-electron chi connectivity index (χ3n) is 9.53. The maximum absolute atomic E-state index is 11.1. The second-order valence-corrected chi connectivity index (χ2v) is 12.9. The van der Waals surface area contributed by atoms with Gasteiger partial charge in [-0.1, -0.05) is 30.7 Å². The molecule has 4 aromatic rings. The van der Waals surface area contributed by atoms with E-state index in [-0.39, 0.29) is 23.7 Å². The number of hydrogen-bond acceptors (Lipinski definition) is 9. The summed E-state index contributed by atoms with van der Waals surface area (Å²) in [6.07, 6.45) is 15.4. The molecule has 0 radical (unpaired) electrons. The van der Waals surface area contributed by atoms with Gasteiger partial charge in [0.25, 0.3) is 0 Å². The fourth-order valence-electron chi connectivity index (χ4n) is 6.88. The van der Waals surface area contributed by atoms with Gasteiger partial charge in [-0.2, -0.15) is 0 Å². The highest BCUT2D eigenvalue weighted by Gasteiger charge is 2.20. The molecule has 10 nitrogen and oxygen atoms in total. The normalized spacial score (nSPS) is 15.7. The van der Waals surface area contributed by atoms with Crippen LogP contribution in [0.4, 0.5) is 0 Å². The van der Waals surface area contributed by atoms with Crippen LogP contribution in [0.5, 0.6) is 5.75 Å². The molecule has 0 saturated carbocycles. The van der Waals surface area contributed by atoms with E-state index in [2.05, 4.69) is 40.7 Å². The Bertz CT molecular complexity index is 1860. The Labute approximate surface area is 288 Å². The highest BCUT2D eigenvalue weighted by atomic mass is 16.3. The number of allylic oxidation sites excluding steroid dienone is 3. The number of aromatic hydroxyl groups is 1. The number of aliphatic imine (C=N–C) groups is 1. The van der Waals surface area contributed by atoms with Gasteiger partial charge in [0.05, 0.1) is 11.6 Å². The maximum atomic E-state index is 11.1. The molecule has 258 valence electrons. The number of phenols is 1. The lowest BCUT2D eigenvalue weighted by atomic mass is 10.0. The van der Waals surface area contributed by atoms with Gasteiger partial charge < -0.3 is 42.3 Å². The molecule has 0 amide bonds. The third-order valence-corrected chi connectivity index (χ3v) is 9.53. The number of nitrogens with two attached hydrogens (primary N) is 4. The predicted molar refractivity (Wildman–Crippen MR) is 201 cm³/mol. The van der Waals surface area contributed by atoms with Crippen molar-refractivity contribution in [2.75, 3.05) is 19.6 Å². The maximum Gasteiger partial charge on any atom is 0.141 e. The molecule has 1 fully saturated rings. The molecule has 1 unspecified atom stereocenters. The van der Waals surface area contributed by atoms with Crippen molar-refractivity contribution in [3.05, 3.63) is 101 Å². The topological polar surface area (TPSA) is 175 Å². The zero-order valence-corrected chi connectivity index (χ0v) is 28.5. The number of pyridine rings is 1. The van der Waals surface area contributed by atoms with Gasteiger partial charge in [-0.15, -0.1) is 0 Å². The quantitative estimate of drug-likeness (QED) is 0.0469. The average molecular weight is 663 g/mol. The van der Waals surface area contributed by atoms with E-state index < -0.39 is 0 Å². The van der Waals surface area contributed by atoms with Crippen LogP contribution < -0.4 is 22.9 Å². The molecule has 1 atom stereocenters. The minimum Gasteiger partial charge on any atom is -0.507 e. The van der Waals surface area contributed by atoms with Gasteiger partial charge in [0.1, 0.15) is 23.5 Å². The first-order chi connectivity index (χ1) is 23.8. The molecule has 2 aromatic heterocycles. The molecule has 0 spiro atoms. The summed E-state index contributed by atoms with van der Waals surface area (Å²) in [5, 5.41) is 12.7. The number of piperidine rings is 1. The molecule has 0 bridgehead atoms. The van der Waals surface area contributed by atoms with Gasteiger partial charge >= 0.3 is 0 Å². The van der Waals surface area contributed by atoms with Gasteiger partial charge in [0, 0.05) is 77.3 Å². The van der Waals surface area contributed by atoms with E-state index in [1.165, 1.54) is 34.5 Å². The van der Waals surface area contributed by atoms with Crippen LogP contribution in [-0.2, 0) is 11.2 Å². The molecule has 1 aliphatic rings. The Kier molecular flexibility index (Phi) is 12.1. The van der Waals surface area contributed by atoms with Crippen molar-refractivity contribution in [3.63, 3.8) is 0 Å². The molecule has 9 N–H and O–H groups in total. The summed E-state index contributed by atoms with van der Waals surface area (Å²) in [5.41, 5.74) is 29.6. The number of nitrogens with zero attached hydrogens (tertiary/aromatic N) is 4. The van der Waals surface area contributed by atoms with Gasteiger partial charge in [0.2, 0.25) is 0 Å². The lowest BCUT2D eigenvalue weighted by Crippen LogP contribution is -2.36. The molecule has 10 heteroatoms. The Morgan fingerprint density at radius 3 is 2.57 bits per heavy atom. The number of para-hydroxylation sites is 1. The molecule has 5 rings (SSSR count). The molecule has 0 aliphatic carbocycles. The number of benzene rings is 2. The number of rotatable bonds is 15. The molecule has 49 heavy (non-hydrogen) atoms. The predicted octanol–water partition coefficient (Wildman–Crippen LogP) is 5.65. The van der Waals surface area contributed by atoms with E-state index in [9.17, 15) is 9.90 Å². The van der Waals surface area contributed by atoms with Gasteiger partial charge in [-0.3, -0.25) is 4.99 Å². The number of phenolic OH excluding ortho intramolecular Hbond substituents is 1. The number of carbonyl (C=O) groups is 1. The Morgan fingerprint density at radius 1 is 1.04 bits per heavy atom. The molecule has 3 heterocycles. The Hall–Kier alpha value is -5.09. The van der Waals surface area contributed by atoms with E-state index in [4.69, 9.17) is 32.9 Å². The number of aromatic nitrogens is 2. The monoisotopic (exact) mass is 662 g/mol. The number of aryl methyl sites for hydroxylation is 1. The van der Waals surface area contributed by atoms with Crippen molar-refractivity contribution in [2.45, 2.75) is 70.4 Å². The minimum atomic E-state index is 0.0671. The van der Waals surface area contributed by atoms with Crippen LogP contribution in [0.1, 0.15) is 69.0 Å². The number of aldehydes is 1. The van der Waals surface area contributed by atoms with Crippen LogP contribution in [0.25, 0.3) is 27.6 Å². The first kappa shape index (κ1) is 35.2. The van der Waals surface area contributed by atoms with Crippen LogP contribution in [0.15, 0.2) is 95.0 Å². The van der Waals surface area contributed by atoms with E-state index in [0.717, 1.165) is 70.1 Å². The molecule has 1 saturated heterocycles. The minimum absolute atomic E-state index is 0.0671. The lowest BCUT2D eigenvalue weighted by molar-refractivity contribution is -0.108. The molecule has 2 aromatic carbocycles. The third kappa shape index (κ3) is 8.50. The van der Waals surface area contributed by atoms with Crippen LogP contribution in [0, 0.1) is 0 Å². The van der Waals surface area contributed by atoms with E-state index in [1.807, 2.05) is 12.3 Å². The van der Waals surface area contributed by atoms with E-state index in [0.29, 0.717) is 28.8 Å². The zero-order valence-electron chi connectivity index (χ0n) is 28.5. The fourth-order valence-corrected chi connectivity index (χ4v) is 6.88. The lowest BCUT2D eigenvalue weighted by Gasteiger charge is -2.30. The van der Waals surface area contributed by atoms with Crippen LogP contribution >= 0.6 is 0 Å². The molecular formula is C39H50N8O2. The summed E-state index contributed by atoms with van der Waals surface area (Å²) in [4.78, 5) is 23.2. The van der Waals surface area contributed by atoms with Crippen molar-refractivity contribution in [1.29, 1.82) is 0 Å². The molecular weight excluding hydrogens is 612 g/mol. The fraction of sp³-hybridized carbons (Fsp3) is 0.359. The van der Waals surface area contributed by atoms with Crippen molar-refractivity contribution < 1.29 is 9.90 Å². The van der Waals surface area contributed by atoms with Crippen LogP contribution in [0.2, 0.25) is 0 Å². The highest BCUT2D eigenvalue weighted by Crippen LogP contribution is 2.35. The van der Waals surface area contributed by atoms with Crippen LogP contribution in [-0.4, -0.2) is 57.7 Å². The first-order valence-corrected chi connectivity index (χ1v) is 17.3. The number of unbranched alkanes of at least 4 members (excludes halogenated alkanes) is 2. The van der Waals surface area contributed by atoms with Gasteiger partial charge in [-0.25, -0.2) is 4.98 Å². The average Bonchev–Trinajstić information content (AvgIpc) is 3.46. The van der Waals surface area contributed by atoms with Crippen molar-refractivity contribution >= 4 is 40.1 Å². The summed E-state index contributed by atoms with van der Waals surface area (Å²) in [7, 11) is 0. The Balaban J connectivity index is 1.11. The smallest absolute Gasteiger partial charge is 0.141 e. The molecule has 1 aliphatic heterocycles. The summed E-state index contributed by atoms with van der Waals surface area (Å²) < 4.78 is 2.31. The highest BCUT2D eigenvalue weighted by molar-refractivity contribution is 6.08. The first-order valence-electron chi connectivity index (χ1n) is 17.3. The second kappa shape index (κ2) is 16.8. The van der Waals surface area contributed by atoms with Crippen LogP contribution in [0.3, 0.4) is 0 Å². The van der Waals surface area contributed by atoms with E-state index >= 15 is 0 Å². The van der Waals surface area contributed by atoms with Crippen molar-refractivity contribution in [2.24, 2.45) is 27.9 Å². The van der Waals surface area contributed by atoms with Gasteiger partial charge in [0.15, 0.2) is 0 Å². The second-order valence-electron chi connectivity index (χ2n) is 12.9. The number of carbonyl (C=O) groups excluding carboxylic acids is 1. The SMILES string of the molecule is CC(CCC=O)n1c2cccc(CCCCCN3CCC(N=CC(=CN)C(/C=C(\N)c4ccccc4O)=C(N)N)CC3)c2c2cccnc21. The standard InChI is InChI=1S/C39H50N8O2/c1-27(10-9-23-48)47-35-15-7-12-28(37(35)32-14-8-19-44-39(32)47)11-3-2-6-20-46-21-17-30(18-22-46)45-26-29(25-40)33(38(42)43)24-34(41)31-13-4-5-16-36(31)49/h4-5,7-8,12-16,19,23-27,30,49H,2-3,6,9-11,17-18,20-22,40-43H2,1H3/b29-25?,34-24-,45-26?. The zero-order chi connectivity index (χ0) is 34.8.